The van der Waals surface area contributed by atoms with Crippen LogP contribution < -0.4 is 11.1 Å². The Morgan fingerprint density at radius 2 is 2.31 bits per heavy atom. The van der Waals surface area contributed by atoms with Gasteiger partial charge in [0.1, 0.15) is 5.69 Å². The summed E-state index contributed by atoms with van der Waals surface area (Å²) < 4.78 is 4.83. The van der Waals surface area contributed by atoms with Crippen LogP contribution in [0, 0.1) is 0 Å². The molecule has 2 aromatic heterocycles. The second-order valence-corrected chi connectivity index (χ2v) is 3.14. The van der Waals surface area contributed by atoms with Crippen molar-refractivity contribution in [2.75, 3.05) is 5.73 Å². The minimum Gasteiger partial charge on any atom is -0.399 e. The Bertz CT molecular complexity index is 481. The maximum atomic E-state index is 11.6. The standard InChI is InChI=1S/C10H10N4O2/c11-7-1-3-12-9(5-7)10(15)13-6-8-2-4-14-16-8/h1-5H,6H2,(H2,11,12)(H,13,15). The average Bonchev–Trinajstić information content (AvgIpc) is 2.78. The molecule has 0 saturated carbocycles. The molecule has 1 amide bonds. The van der Waals surface area contributed by atoms with E-state index in [9.17, 15) is 4.79 Å². The van der Waals surface area contributed by atoms with Crippen LogP contribution in [-0.2, 0) is 6.54 Å². The first kappa shape index (κ1) is 10.2. The maximum absolute atomic E-state index is 11.6. The Labute approximate surface area is 91.5 Å². The second kappa shape index (κ2) is 4.43. The third-order valence-corrected chi connectivity index (χ3v) is 1.93. The topological polar surface area (TPSA) is 94.0 Å². The number of aromatic nitrogens is 2. The lowest BCUT2D eigenvalue weighted by molar-refractivity contribution is 0.0942. The number of anilines is 1. The predicted molar refractivity (Wildman–Crippen MR) is 56.3 cm³/mol. The van der Waals surface area contributed by atoms with E-state index in [2.05, 4.69) is 15.5 Å². The highest BCUT2D eigenvalue weighted by molar-refractivity contribution is 5.92. The van der Waals surface area contributed by atoms with E-state index in [1.807, 2.05) is 0 Å². The van der Waals surface area contributed by atoms with Crippen molar-refractivity contribution in [3.05, 3.63) is 42.0 Å². The van der Waals surface area contributed by atoms with Gasteiger partial charge in [0.15, 0.2) is 5.76 Å². The average molecular weight is 218 g/mol. The molecule has 2 rings (SSSR count). The number of nitrogen functional groups attached to an aromatic ring is 1. The molecule has 6 heteroatoms. The van der Waals surface area contributed by atoms with Gasteiger partial charge in [0.25, 0.3) is 5.91 Å². The number of amides is 1. The second-order valence-electron chi connectivity index (χ2n) is 3.14. The number of nitrogens with one attached hydrogen (secondary N) is 1. The number of rotatable bonds is 3. The molecule has 0 atom stereocenters. The highest BCUT2D eigenvalue weighted by atomic mass is 16.5. The normalized spacial score (nSPS) is 10.0. The Hall–Kier alpha value is -2.37. The first-order valence-electron chi connectivity index (χ1n) is 4.65. The van der Waals surface area contributed by atoms with Gasteiger partial charge in [-0.1, -0.05) is 5.16 Å². The summed E-state index contributed by atoms with van der Waals surface area (Å²) in [4.78, 5) is 15.5. The van der Waals surface area contributed by atoms with Crippen molar-refractivity contribution < 1.29 is 9.32 Å². The van der Waals surface area contributed by atoms with Crippen LogP contribution in [0.3, 0.4) is 0 Å². The lowest BCUT2D eigenvalue weighted by Crippen LogP contribution is -2.23. The number of pyridine rings is 1. The maximum Gasteiger partial charge on any atom is 0.270 e. The van der Waals surface area contributed by atoms with Crippen LogP contribution in [0.5, 0.6) is 0 Å². The molecule has 0 fully saturated rings. The summed E-state index contributed by atoms with van der Waals surface area (Å²) in [6, 6.07) is 4.80. The van der Waals surface area contributed by atoms with Gasteiger partial charge in [-0.25, -0.2) is 0 Å². The van der Waals surface area contributed by atoms with E-state index in [0.29, 0.717) is 11.4 Å². The van der Waals surface area contributed by atoms with Crippen molar-refractivity contribution in [2.45, 2.75) is 6.54 Å². The molecule has 0 radical (unpaired) electrons. The van der Waals surface area contributed by atoms with E-state index >= 15 is 0 Å². The Balaban J connectivity index is 1.98. The molecule has 82 valence electrons. The van der Waals surface area contributed by atoms with Crippen LogP contribution >= 0.6 is 0 Å². The van der Waals surface area contributed by atoms with Gasteiger partial charge in [0.05, 0.1) is 12.7 Å². The number of hydrogen-bond donors (Lipinski definition) is 2. The summed E-state index contributed by atoms with van der Waals surface area (Å²) in [5, 5.41) is 6.16. The molecule has 6 nitrogen and oxygen atoms in total. The Kier molecular flexibility index (Phi) is 2.81. The number of nitrogens with zero attached hydrogens (tertiary/aromatic N) is 2. The highest BCUT2D eigenvalue weighted by Gasteiger charge is 2.07. The zero-order chi connectivity index (χ0) is 11.4. The van der Waals surface area contributed by atoms with Gasteiger partial charge in [-0.05, 0) is 12.1 Å². The Morgan fingerprint density at radius 1 is 1.44 bits per heavy atom. The zero-order valence-electron chi connectivity index (χ0n) is 8.38. The third kappa shape index (κ3) is 2.35. The molecule has 0 spiro atoms. The molecule has 0 aliphatic rings. The molecular formula is C10H10N4O2. The summed E-state index contributed by atoms with van der Waals surface area (Å²) in [5.41, 5.74) is 6.32. The fourth-order valence-electron chi connectivity index (χ4n) is 1.16. The fraction of sp³-hybridized carbons (Fsp3) is 0.100. The number of carbonyl (C=O) groups is 1. The zero-order valence-corrected chi connectivity index (χ0v) is 8.38. The molecule has 0 aliphatic carbocycles. The van der Waals surface area contributed by atoms with E-state index in [4.69, 9.17) is 10.3 Å². The van der Waals surface area contributed by atoms with Crippen molar-refractivity contribution in [3.8, 4) is 0 Å². The Morgan fingerprint density at radius 3 is 3.00 bits per heavy atom. The van der Waals surface area contributed by atoms with E-state index in [0.717, 1.165) is 0 Å². The number of carbonyl (C=O) groups excluding carboxylic acids is 1. The van der Waals surface area contributed by atoms with E-state index in [-0.39, 0.29) is 18.1 Å². The smallest absolute Gasteiger partial charge is 0.270 e. The van der Waals surface area contributed by atoms with Gasteiger partial charge in [0.2, 0.25) is 0 Å². The largest absolute Gasteiger partial charge is 0.399 e. The van der Waals surface area contributed by atoms with Crippen LogP contribution in [-0.4, -0.2) is 16.0 Å². The minimum atomic E-state index is -0.302. The van der Waals surface area contributed by atoms with Gasteiger partial charge in [0, 0.05) is 18.0 Å². The van der Waals surface area contributed by atoms with Crippen LogP contribution in [0.2, 0.25) is 0 Å². The summed E-state index contributed by atoms with van der Waals surface area (Å²) >= 11 is 0. The van der Waals surface area contributed by atoms with Gasteiger partial charge in [-0.2, -0.15) is 0 Å². The summed E-state index contributed by atoms with van der Waals surface area (Å²) in [6.07, 6.45) is 3.00. The molecule has 3 N–H and O–H groups in total. The van der Waals surface area contributed by atoms with E-state index in [1.165, 1.54) is 18.5 Å². The molecule has 0 aliphatic heterocycles. The van der Waals surface area contributed by atoms with Crippen LogP contribution in [0.15, 0.2) is 35.1 Å². The number of nitrogens with two attached hydrogens (primary N) is 1. The molecule has 0 saturated heterocycles. The van der Waals surface area contributed by atoms with Crippen molar-refractivity contribution in [3.63, 3.8) is 0 Å². The molecule has 16 heavy (non-hydrogen) atoms. The van der Waals surface area contributed by atoms with Gasteiger partial charge >= 0.3 is 0 Å². The first-order chi connectivity index (χ1) is 7.75. The van der Waals surface area contributed by atoms with Crippen LogP contribution in [0.4, 0.5) is 5.69 Å². The fourth-order valence-corrected chi connectivity index (χ4v) is 1.16. The third-order valence-electron chi connectivity index (χ3n) is 1.93. The molecule has 0 unspecified atom stereocenters. The summed E-state index contributed by atoms with van der Waals surface area (Å²) in [5.74, 6) is 0.279. The van der Waals surface area contributed by atoms with Gasteiger partial charge < -0.3 is 15.6 Å². The monoisotopic (exact) mass is 218 g/mol. The van der Waals surface area contributed by atoms with Crippen molar-refractivity contribution in [1.29, 1.82) is 0 Å². The van der Waals surface area contributed by atoms with E-state index in [1.54, 1.807) is 12.1 Å². The molecule has 2 heterocycles. The van der Waals surface area contributed by atoms with Crippen LogP contribution in [0.25, 0.3) is 0 Å². The lowest BCUT2D eigenvalue weighted by atomic mass is 10.3. The van der Waals surface area contributed by atoms with Gasteiger partial charge in [-0.3, -0.25) is 9.78 Å². The van der Waals surface area contributed by atoms with Crippen molar-refractivity contribution in [1.82, 2.24) is 15.5 Å². The molecule has 2 aromatic rings. The molecular weight excluding hydrogens is 208 g/mol. The van der Waals surface area contributed by atoms with Crippen LogP contribution in [0.1, 0.15) is 16.2 Å². The van der Waals surface area contributed by atoms with Crippen molar-refractivity contribution >= 4 is 11.6 Å². The van der Waals surface area contributed by atoms with Gasteiger partial charge in [-0.15, -0.1) is 0 Å². The SMILES string of the molecule is Nc1ccnc(C(=O)NCc2ccno2)c1. The van der Waals surface area contributed by atoms with Crippen molar-refractivity contribution in [2.24, 2.45) is 0 Å². The number of hydrogen-bond acceptors (Lipinski definition) is 5. The summed E-state index contributed by atoms with van der Waals surface area (Å²) in [7, 11) is 0. The van der Waals surface area contributed by atoms with E-state index < -0.39 is 0 Å². The summed E-state index contributed by atoms with van der Waals surface area (Å²) in [6.45, 7) is 0.273. The minimum absolute atomic E-state index is 0.273. The highest BCUT2D eigenvalue weighted by Crippen LogP contribution is 2.03. The molecule has 0 bridgehead atoms. The molecule has 0 aromatic carbocycles. The first-order valence-corrected chi connectivity index (χ1v) is 4.65. The predicted octanol–water partition coefficient (Wildman–Crippen LogP) is 0.582. The lowest BCUT2D eigenvalue weighted by Gasteiger charge is -2.02. The quantitative estimate of drug-likeness (QED) is 0.785.